The number of nitrogens with zero attached hydrogens (tertiary/aromatic N) is 2. The van der Waals surface area contributed by atoms with E-state index in [1.807, 2.05) is 0 Å². The molecule has 11 nitrogen and oxygen atoms in total. The number of carbonyl (C=O) groups excluding carboxylic acids is 4. The van der Waals surface area contributed by atoms with Crippen LogP contribution in [0, 0.1) is 0 Å². The smallest absolute Gasteiger partial charge is 0.253 e. The molecule has 2 heterocycles. The van der Waals surface area contributed by atoms with Crippen molar-refractivity contribution in [2.75, 3.05) is 79.2 Å². The summed E-state index contributed by atoms with van der Waals surface area (Å²) in [6.45, 7) is 5.18. The quantitative estimate of drug-likeness (QED) is 0.175. The number of amides is 4. The van der Waals surface area contributed by atoms with Crippen molar-refractivity contribution in [3.05, 3.63) is 24.3 Å². The lowest BCUT2D eigenvalue weighted by Crippen LogP contribution is -2.31. The molecule has 4 amide bonds. The first-order valence-corrected chi connectivity index (χ1v) is 11.1. The number of carbonyl (C=O) groups is 4. The maximum Gasteiger partial charge on any atom is 0.253 e. The van der Waals surface area contributed by atoms with Gasteiger partial charge in [0.2, 0.25) is 0 Å². The second-order valence-corrected chi connectivity index (χ2v) is 7.09. The molecule has 184 valence electrons. The van der Waals surface area contributed by atoms with E-state index in [0.717, 1.165) is 0 Å². The van der Waals surface area contributed by atoms with Crippen molar-refractivity contribution < 1.29 is 42.9 Å². The van der Waals surface area contributed by atoms with Crippen LogP contribution in [0.25, 0.3) is 0 Å². The van der Waals surface area contributed by atoms with Crippen molar-refractivity contribution in [1.82, 2.24) is 9.80 Å². The van der Waals surface area contributed by atoms with E-state index in [1.165, 1.54) is 34.1 Å². The second kappa shape index (κ2) is 16.2. The minimum atomic E-state index is -0.275. The van der Waals surface area contributed by atoms with Crippen molar-refractivity contribution in [1.29, 1.82) is 0 Å². The lowest BCUT2D eigenvalue weighted by molar-refractivity contribution is -0.138. The summed E-state index contributed by atoms with van der Waals surface area (Å²) in [6.07, 6.45) is 6.26. The average molecular weight is 469 g/mol. The molecule has 2 aliphatic heterocycles. The molecule has 0 bridgehead atoms. The van der Waals surface area contributed by atoms with Gasteiger partial charge >= 0.3 is 0 Å². The second-order valence-electron chi connectivity index (χ2n) is 7.09. The summed E-state index contributed by atoms with van der Waals surface area (Å²) in [5, 5.41) is 0. The summed E-state index contributed by atoms with van der Waals surface area (Å²) >= 11 is 0. The molecule has 0 aromatic carbocycles. The van der Waals surface area contributed by atoms with Crippen LogP contribution in [0.5, 0.6) is 0 Å². The molecule has 0 fully saturated rings. The molecular weight excluding hydrogens is 436 g/mol. The van der Waals surface area contributed by atoms with Gasteiger partial charge in [0.1, 0.15) is 0 Å². The molecule has 0 saturated carbocycles. The topological polar surface area (TPSA) is 121 Å². The van der Waals surface area contributed by atoms with E-state index in [0.29, 0.717) is 92.0 Å². The molecule has 0 saturated heterocycles. The van der Waals surface area contributed by atoms with Gasteiger partial charge in [0.05, 0.1) is 52.9 Å². The van der Waals surface area contributed by atoms with Crippen molar-refractivity contribution >= 4 is 23.6 Å². The Morgan fingerprint density at radius 1 is 0.424 bits per heavy atom. The van der Waals surface area contributed by atoms with Crippen LogP contribution in [0.15, 0.2) is 24.3 Å². The molecule has 0 aromatic heterocycles. The van der Waals surface area contributed by atoms with Crippen LogP contribution in [0.3, 0.4) is 0 Å². The summed E-state index contributed by atoms with van der Waals surface area (Å²) < 4.78 is 27.0. The molecule has 0 radical (unpaired) electrons. The van der Waals surface area contributed by atoms with Crippen molar-refractivity contribution in [3.8, 4) is 0 Å². The molecule has 33 heavy (non-hydrogen) atoms. The van der Waals surface area contributed by atoms with E-state index in [4.69, 9.17) is 23.7 Å². The molecule has 0 aliphatic carbocycles. The molecule has 2 aliphatic rings. The average Bonchev–Trinajstić information content (AvgIpc) is 3.30. The highest BCUT2D eigenvalue weighted by Gasteiger charge is 2.23. The fraction of sp³-hybridized carbons (Fsp3) is 0.636. The van der Waals surface area contributed by atoms with Gasteiger partial charge < -0.3 is 23.7 Å². The van der Waals surface area contributed by atoms with Crippen molar-refractivity contribution in [2.24, 2.45) is 0 Å². The number of rotatable bonds is 20. The first-order valence-electron chi connectivity index (χ1n) is 11.1. The van der Waals surface area contributed by atoms with Crippen LogP contribution in [-0.2, 0) is 42.9 Å². The van der Waals surface area contributed by atoms with Crippen molar-refractivity contribution in [2.45, 2.75) is 12.8 Å². The maximum atomic E-state index is 11.4. The molecule has 0 atom stereocenters. The number of hydrogen-bond donors (Lipinski definition) is 0. The first kappa shape index (κ1) is 26.8. The Morgan fingerprint density at radius 3 is 0.939 bits per heavy atom. The maximum absolute atomic E-state index is 11.4. The summed E-state index contributed by atoms with van der Waals surface area (Å²) in [5.41, 5.74) is 0. The molecule has 2 rings (SSSR count). The van der Waals surface area contributed by atoms with Gasteiger partial charge in [0, 0.05) is 50.6 Å². The Hall–Kier alpha value is -2.44. The van der Waals surface area contributed by atoms with Gasteiger partial charge in [-0.3, -0.25) is 29.0 Å². The molecule has 0 spiro atoms. The molecule has 0 unspecified atom stereocenters. The molecule has 0 N–H and O–H groups in total. The zero-order chi connectivity index (χ0) is 23.7. The van der Waals surface area contributed by atoms with E-state index in [9.17, 15) is 19.2 Å². The first-order chi connectivity index (χ1) is 16.1. The van der Waals surface area contributed by atoms with Crippen molar-refractivity contribution in [3.63, 3.8) is 0 Å². The summed E-state index contributed by atoms with van der Waals surface area (Å²) in [6, 6.07) is 0. The Bertz CT molecular complexity index is 614. The van der Waals surface area contributed by atoms with Gasteiger partial charge in [0.25, 0.3) is 23.6 Å². The van der Waals surface area contributed by atoms with Gasteiger partial charge in [-0.2, -0.15) is 0 Å². The fourth-order valence-corrected chi connectivity index (χ4v) is 2.93. The van der Waals surface area contributed by atoms with Crippen LogP contribution in [0.1, 0.15) is 12.8 Å². The van der Waals surface area contributed by atoms with Gasteiger partial charge in [-0.15, -0.1) is 0 Å². The van der Waals surface area contributed by atoms with Gasteiger partial charge in [-0.25, -0.2) is 0 Å². The Labute approximate surface area is 193 Å². The minimum absolute atomic E-state index is 0.275. The summed E-state index contributed by atoms with van der Waals surface area (Å²) in [5.74, 6) is -1.10. The van der Waals surface area contributed by atoms with Gasteiger partial charge in [-0.05, 0) is 12.8 Å². The normalized spacial score (nSPS) is 15.6. The van der Waals surface area contributed by atoms with E-state index < -0.39 is 0 Å². The third-order valence-corrected chi connectivity index (χ3v) is 4.63. The monoisotopic (exact) mass is 468 g/mol. The molecule has 11 heteroatoms. The summed E-state index contributed by atoms with van der Waals surface area (Å²) in [7, 11) is 0. The Morgan fingerprint density at radius 2 is 0.667 bits per heavy atom. The highest BCUT2D eigenvalue weighted by Crippen LogP contribution is 2.05. The predicted octanol–water partition coefficient (Wildman–Crippen LogP) is -0.300. The van der Waals surface area contributed by atoms with Crippen LogP contribution < -0.4 is 0 Å². The minimum Gasteiger partial charge on any atom is -0.379 e. The largest absolute Gasteiger partial charge is 0.379 e. The van der Waals surface area contributed by atoms with Crippen LogP contribution in [0.2, 0.25) is 0 Å². The van der Waals surface area contributed by atoms with Crippen LogP contribution in [-0.4, -0.2) is 113 Å². The van der Waals surface area contributed by atoms with Crippen LogP contribution >= 0.6 is 0 Å². The van der Waals surface area contributed by atoms with Gasteiger partial charge in [-0.1, -0.05) is 0 Å². The third kappa shape index (κ3) is 10.8. The van der Waals surface area contributed by atoms with E-state index >= 15 is 0 Å². The zero-order valence-electron chi connectivity index (χ0n) is 18.8. The SMILES string of the molecule is O=C1C=CC(=O)N1CCCOCCOCCOCCOCCOCCCN1C(=O)C=CC1=O. The predicted molar refractivity (Wildman–Crippen MR) is 115 cm³/mol. The van der Waals surface area contributed by atoms with E-state index in [2.05, 4.69) is 0 Å². The standard InChI is InChI=1S/C22H32N2O9/c25-19-3-4-20(26)23(19)7-1-9-29-11-13-31-15-17-33-18-16-32-14-12-30-10-2-8-24-21(27)5-6-22(24)28/h3-6H,1-2,7-18H2. The van der Waals surface area contributed by atoms with E-state index in [-0.39, 0.29) is 23.6 Å². The number of ether oxygens (including phenoxy) is 5. The fourth-order valence-electron chi connectivity index (χ4n) is 2.93. The molecular formula is C22H32N2O9. The van der Waals surface area contributed by atoms with Crippen LogP contribution in [0.4, 0.5) is 0 Å². The van der Waals surface area contributed by atoms with Gasteiger partial charge in [0.15, 0.2) is 0 Å². The molecule has 0 aromatic rings. The summed E-state index contributed by atoms with van der Waals surface area (Å²) in [4.78, 5) is 47.8. The number of hydrogen-bond acceptors (Lipinski definition) is 9. The highest BCUT2D eigenvalue weighted by molar-refractivity contribution is 6.13. The lowest BCUT2D eigenvalue weighted by atomic mass is 10.4. The Balaban J connectivity index is 1.23. The number of imide groups is 2. The lowest BCUT2D eigenvalue weighted by Gasteiger charge is -2.13. The Kier molecular flexibility index (Phi) is 13.2. The van der Waals surface area contributed by atoms with E-state index in [1.54, 1.807) is 0 Å². The zero-order valence-corrected chi connectivity index (χ0v) is 18.8. The highest BCUT2D eigenvalue weighted by atomic mass is 16.6. The third-order valence-electron chi connectivity index (χ3n) is 4.63.